The number of allylic oxidation sites excluding steroid dienone is 4. The number of carbonyl (C=O) groups excluding carboxylic acids is 3. The maximum absolute atomic E-state index is 14.7. The number of nitrogens with one attached hydrogen (secondary N) is 1. The molecule has 43 heavy (non-hydrogen) atoms. The fourth-order valence-electron chi connectivity index (χ4n) is 11.0. The molecule has 1 aromatic carbocycles. The highest BCUT2D eigenvalue weighted by molar-refractivity contribution is 6.04. The zero-order chi connectivity index (χ0) is 31.2. The van der Waals surface area contributed by atoms with Crippen LogP contribution in [0.25, 0.3) is 0 Å². The van der Waals surface area contributed by atoms with Crippen molar-refractivity contribution in [1.82, 2.24) is 5.32 Å². The van der Waals surface area contributed by atoms with Gasteiger partial charge in [-0.3, -0.25) is 14.4 Å². The van der Waals surface area contributed by atoms with E-state index in [-0.39, 0.29) is 57.0 Å². The molecule has 1 amide bonds. The first-order valence-electron chi connectivity index (χ1n) is 16.3. The predicted molar refractivity (Wildman–Crippen MR) is 167 cm³/mol. The van der Waals surface area contributed by atoms with Gasteiger partial charge in [0.25, 0.3) is 0 Å². The number of amides is 1. The van der Waals surface area contributed by atoms with Crippen molar-refractivity contribution in [3.63, 3.8) is 0 Å². The Labute approximate surface area is 257 Å². The third-order valence-electron chi connectivity index (χ3n) is 13.5. The summed E-state index contributed by atoms with van der Waals surface area (Å²) >= 11 is 0. The summed E-state index contributed by atoms with van der Waals surface area (Å²) in [6.07, 6.45) is 10.5. The Morgan fingerprint density at radius 3 is 2.30 bits per heavy atom. The predicted octanol–water partition coefficient (Wildman–Crippen LogP) is 7.32. The van der Waals surface area contributed by atoms with E-state index in [1.54, 1.807) is 0 Å². The van der Waals surface area contributed by atoms with Gasteiger partial charge in [-0.15, -0.1) is 0 Å². The summed E-state index contributed by atoms with van der Waals surface area (Å²) in [6, 6.07) is 12.1. The number of hydrogen-bond donors (Lipinski definition) is 1. The van der Waals surface area contributed by atoms with Crippen LogP contribution in [0.2, 0.25) is 0 Å². The van der Waals surface area contributed by atoms with Gasteiger partial charge in [0.1, 0.15) is 6.07 Å². The monoisotopic (exact) mass is 580 g/mol. The highest BCUT2D eigenvalue weighted by Gasteiger charge is 2.70. The van der Waals surface area contributed by atoms with Gasteiger partial charge in [0, 0.05) is 22.3 Å². The van der Waals surface area contributed by atoms with Crippen LogP contribution in [0.4, 0.5) is 0 Å². The molecule has 3 fully saturated rings. The Morgan fingerprint density at radius 2 is 1.63 bits per heavy atom. The molecule has 5 aliphatic rings. The molecule has 6 rings (SSSR count). The molecule has 7 atom stereocenters. The highest BCUT2D eigenvalue weighted by Crippen LogP contribution is 2.73. The standard InChI is InChI=1S/C38H48N2O3/c1-33(2)15-17-38(40-30(42)19-24-11-9-8-10-12-24)18-16-37(7)31(26(38)22-33)27(41)20-29-35(5)21-25(23-39)32(43)34(3,4)28(35)13-14-36(29,37)6/h8-12,20-21,26,28,31H,13-19,22H2,1-7H3,(H,40,42)/t26?,28-,31?,35-,36+,37+,38-/m0/s1. The zero-order valence-electron chi connectivity index (χ0n) is 27.1. The van der Waals surface area contributed by atoms with Crippen molar-refractivity contribution >= 4 is 17.5 Å². The summed E-state index contributed by atoms with van der Waals surface area (Å²) in [5, 5.41) is 13.5. The van der Waals surface area contributed by atoms with E-state index in [1.165, 1.54) is 0 Å². The number of nitrogens with zero attached hydrogens (tertiary/aromatic N) is 1. The second-order valence-electron chi connectivity index (χ2n) is 16.6. The lowest BCUT2D eigenvalue weighted by Gasteiger charge is -2.69. The van der Waals surface area contributed by atoms with E-state index >= 15 is 0 Å². The molecule has 0 heterocycles. The first-order chi connectivity index (χ1) is 20.0. The molecule has 1 N–H and O–H groups in total. The van der Waals surface area contributed by atoms with E-state index in [0.29, 0.717) is 6.42 Å². The molecule has 0 saturated heterocycles. The van der Waals surface area contributed by atoms with Crippen LogP contribution in [0.15, 0.2) is 53.6 Å². The highest BCUT2D eigenvalue weighted by atomic mass is 16.2. The molecule has 0 spiro atoms. The largest absolute Gasteiger partial charge is 0.350 e. The summed E-state index contributed by atoms with van der Waals surface area (Å²) < 4.78 is 0. The maximum atomic E-state index is 14.7. The number of ketones is 2. The third-order valence-corrected chi connectivity index (χ3v) is 13.5. The van der Waals surface area contributed by atoms with Crippen LogP contribution in [-0.2, 0) is 20.8 Å². The van der Waals surface area contributed by atoms with Gasteiger partial charge < -0.3 is 5.32 Å². The summed E-state index contributed by atoms with van der Waals surface area (Å²) in [7, 11) is 0. The Balaban J connectivity index is 1.43. The van der Waals surface area contributed by atoms with Crippen molar-refractivity contribution in [2.75, 3.05) is 0 Å². The van der Waals surface area contributed by atoms with E-state index < -0.39 is 16.4 Å². The number of rotatable bonds is 3. The lowest BCUT2D eigenvalue weighted by Crippen LogP contribution is -2.69. The molecule has 0 aromatic heterocycles. The molecule has 5 heteroatoms. The molecule has 0 bridgehead atoms. The number of nitriles is 1. The van der Waals surface area contributed by atoms with Gasteiger partial charge in [0.15, 0.2) is 11.6 Å². The van der Waals surface area contributed by atoms with Gasteiger partial charge in [-0.25, -0.2) is 0 Å². The van der Waals surface area contributed by atoms with E-state index in [9.17, 15) is 19.6 Å². The van der Waals surface area contributed by atoms with Gasteiger partial charge >= 0.3 is 0 Å². The SMILES string of the molecule is CC1(C)CC[C@]2(NC(=O)Cc3ccccc3)CC[C@]3(C)C(C(=O)C=C4[C@@]5(C)C=C(C#N)C(=O)C(C)(C)[C@@H]5CC[C@]43C)C2C1. The number of benzene rings is 1. The second kappa shape index (κ2) is 9.50. The third kappa shape index (κ3) is 4.18. The van der Waals surface area contributed by atoms with E-state index in [0.717, 1.165) is 56.1 Å². The minimum atomic E-state index is -0.671. The van der Waals surface area contributed by atoms with Crippen LogP contribution in [0.5, 0.6) is 0 Å². The molecule has 5 nitrogen and oxygen atoms in total. The quantitative estimate of drug-likeness (QED) is 0.406. The van der Waals surface area contributed by atoms with Crippen molar-refractivity contribution in [3.8, 4) is 6.07 Å². The van der Waals surface area contributed by atoms with E-state index in [2.05, 4.69) is 46.0 Å². The first kappa shape index (κ1) is 30.0. The molecule has 1 aromatic rings. The van der Waals surface area contributed by atoms with Gasteiger partial charge in [-0.2, -0.15) is 5.26 Å². The van der Waals surface area contributed by atoms with Crippen LogP contribution >= 0.6 is 0 Å². The minimum absolute atomic E-state index is 0.0328. The van der Waals surface area contributed by atoms with E-state index in [4.69, 9.17) is 0 Å². The molecule has 5 aliphatic carbocycles. The average Bonchev–Trinajstić information content (AvgIpc) is 2.93. The van der Waals surface area contributed by atoms with Crippen molar-refractivity contribution in [1.29, 1.82) is 5.26 Å². The summed E-state index contributed by atoms with van der Waals surface area (Å²) in [5.41, 5.74) is 0.282. The van der Waals surface area contributed by atoms with Crippen LogP contribution in [0.3, 0.4) is 0 Å². The van der Waals surface area contributed by atoms with Crippen molar-refractivity contribution in [2.24, 2.45) is 44.8 Å². The van der Waals surface area contributed by atoms with Crippen molar-refractivity contribution in [2.45, 2.75) is 105 Å². The molecule has 2 unspecified atom stereocenters. The molecular weight excluding hydrogens is 532 g/mol. The van der Waals surface area contributed by atoms with Gasteiger partial charge in [-0.05, 0) is 84.7 Å². The van der Waals surface area contributed by atoms with Gasteiger partial charge in [0.05, 0.1) is 12.0 Å². The Bertz CT molecular complexity index is 1490. The smallest absolute Gasteiger partial charge is 0.224 e. The lowest BCUT2D eigenvalue weighted by molar-refractivity contribution is -0.164. The van der Waals surface area contributed by atoms with Crippen molar-refractivity contribution in [3.05, 3.63) is 59.2 Å². The van der Waals surface area contributed by atoms with Crippen LogP contribution in [0, 0.1) is 56.2 Å². The van der Waals surface area contributed by atoms with E-state index in [1.807, 2.05) is 56.3 Å². The molecular formula is C38H48N2O3. The number of Topliss-reactive ketones (excluding diaryl/α,β-unsaturated/α-hetero) is 1. The lowest BCUT2D eigenvalue weighted by atomic mass is 9.35. The summed E-state index contributed by atoms with van der Waals surface area (Å²) in [4.78, 5) is 41.6. The number of carbonyl (C=O) groups is 3. The Morgan fingerprint density at radius 1 is 0.953 bits per heavy atom. The van der Waals surface area contributed by atoms with Crippen LogP contribution in [-0.4, -0.2) is 23.0 Å². The fraction of sp³-hybridized carbons (Fsp3) is 0.632. The average molecular weight is 581 g/mol. The fourth-order valence-corrected chi connectivity index (χ4v) is 11.0. The molecule has 228 valence electrons. The topological polar surface area (TPSA) is 87.0 Å². The molecule has 0 radical (unpaired) electrons. The van der Waals surface area contributed by atoms with Crippen LogP contribution < -0.4 is 5.32 Å². The van der Waals surface area contributed by atoms with Gasteiger partial charge in [-0.1, -0.05) is 90.4 Å². The molecule has 0 aliphatic heterocycles. The summed E-state index contributed by atoms with van der Waals surface area (Å²) in [5.74, 6) is 0.0295. The maximum Gasteiger partial charge on any atom is 0.224 e. The second-order valence-corrected chi connectivity index (χ2v) is 16.6. The van der Waals surface area contributed by atoms with Gasteiger partial charge in [0.2, 0.25) is 5.91 Å². The summed E-state index contributed by atoms with van der Waals surface area (Å²) in [6.45, 7) is 15.5. The minimum Gasteiger partial charge on any atom is -0.350 e. The number of hydrogen-bond acceptors (Lipinski definition) is 4. The first-order valence-corrected chi connectivity index (χ1v) is 16.3. The number of fused-ring (bicyclic) bond motifs is 7. The van der Waals surface area contributed by atoms with Crippen molar-refractivity contribution < 1.29 is 14.4 Å². The van der Waals surface area contributed by atoms with Crippen LogP contribution in [0.1, 0.15) is 99.0 Å². The zero-order valence-corrected chi connectivity index (χ0v) is 27.1. The Kier molecular flexibility index (Phi) is 6.64. The normalized spacial score (nSPS) is 40.8. The molecule has 3 saturated carbocycles. The Hall–Kier alpha value is -3.00.